The number of pyridine rings is 2. The number of hydrogen-bond acceptors (Lipinski definition) is 5. The number of rotatable bonds is 4. The van der Waals surface area contributed by atoms with Crippen molar-refractivity contribution in [1.29, 1.82) is 0 Å². The van der Waals surface area contributed by atoms with Crippen LogP contribution in [0.3, 0.4) is 0 Å². The van der Waals surface area contributed by atoms with E-state index >= 15 is 0 Å². The fraction of sp³-hybridized carbons (Fsp3) is 0.0625. The van der Waals surface area contributed by atoms with Crippen molar-refractivity contribution in [3.05, 3.63) is 60.0 Å². The third-order valence-corrected chi connectivity index (χ3v) is 4.19. The van der Waals surface area contributed by atoms with Gasteiger partial charge in [0, 0.05) is 47.7 Å². The number of fused-ring (bicyclic) bond motifs is 1. The summed E-state index contributed by atoms with van der Waals surface area (Å²) in [6.07, 6.45) is 7.34. The first-order chi connectivity index (χ1) is 10.9. The summed E-state index contributed by atoms with van der Waals surface area (Å²) in [5.74, 6) is 0.823. The highest BCUT2D eigenvalue weighted by atomic mass is 32.1. The van der Waals surface area contributed by atoms with Crippen molar-refractivity contribution in [2.45, 2.75) is 6.54 Å². The van der Waals surface area contributed by atoms with Crippen molar-refractivity contribution in [2.75, 3.05) is 5.32 Å². The Hall–Kier alpha value is -2.73. The van der Waals surface area contributed by atoms with Crippen LogP contribution in [-0.2, 0) is 6.54 Å². The van der Waals surface area contributed by atoms with Gasteiger partial charge in [0.05, 0.1) is 0 Å². The van der Waals surface area contributed by atoms with Crippen LogP contribution in [0, 0.1) is 0 Å². The van der Waals surface area contributed by atoms with Crippen LogP contribution in [0.25, 0.3) is 21.6 Å². The highest BCUT2D eigenvalue weighted by Crippen LogP contribution is 2.31. The van der Waals surface area contributed by atoms with Gasteiger partial charge in [0.15, 0.2) is 0 Å². The zero-order valence-electron chi connectivity index (χ0n) is 11.7. The van der Waals surface area contributed by atoms with Crippen molar-refractivity contribution in [3.8, 4) is 10.6 Å². The number of anilines is 1. The summed E-state index contributed by atoms with van der Waals surface area (Å²) >= 11 is 1.63. The van der Waals surface area contributed by atoms with E-state index in [4.69, 9.17) is 0 Å². The molecule has 2 N–H and O–H groups in total. The van der Waals surface area contributed by atoms with E-state index in [1.165, 1.54) is 0 Å². The normalized spacial score (nSPS) is 10.9. The van der Waals surface area contributed by atoms with E-state index in [-0.39, 0.29) is 0 Å². The largest absolute Gasteiger partial charge is 0.366 e. The van der Waals surface area contributed by atoms with Gasteiger partial charge in [-0.25, -0.2) is 9.97 Å². The second kappa shape index (κ2) is 5.57. The SMILES string of the molecule is c1cncc(CNc2cc(-c3nccs3)c3cc[nH]c3n2)c1. The minimum atomic E-state index is 0.685. The molecule has 0 spiro atoms. The van der Waals surface area contributed by atoms with Gasteiger partial charge in [0.25, 0.3) is 0 Å². The molecule has 0 bridgehead atoms. The zero-order chi connectivity index (χ0) is 14.8. The summed E-state index contributed by atoms with van der Waals surface area (Å²) in [5.41, 5.74) is 3.07. The van der Waals surface area contributed by atoms with Crippen LogP contribution >= 0.6 is 11.3 Å². The molecule has 5 nitrogen and oxygen atoms in total. The Morgan fingerprint density at radius 1 is 1.23 bits per heavy atom. The monoisotopic (exact) mass is 307 g/mol. The fourth-order valence-electron chi connectivity index (χ4n) is 2.36. The first kappa shape index (κ1) is 13.0. The Kier molecular flexibility index (Phi) is 3.29. The molecular weight excluding hydrogens is 294 g/mol. The molecule has 22 heavy (non-hydrogen) atoms. The van der Waals surface area contributed by atoms with Crippen LogP contribution in [0.2, 0.25) is 0 Å². The van der Waals surface area contributed by atoms with Crippen molar-refractivity contribution >= 4 is 28.2 Å². The molecule has 4 heterocycles. The molecular formula is C16H13N5S. The Balaban J connectivity index is 1.69. The van der Waals surface area contributed by atoms with E-state index in [0.717, 1.165) is 33.0 Å². The molecule has 4 aromatic rings. The smallest absolute Gasteiger partial charge is 0.140 e. The maximum absolute atomic E-state index is 4.61. The molecule has 0 aliphatic rings. The van der Waals surface area contributed by atoms with Crippen LogP contribution in [0.15, 0.2) is 54.4 Å². The van der Waals surface area contributed by atoms with Crippen molar-refractivity contribution < 1.29 is 0 Å². The maximum atomic E-state index is 4.61. The molecule has 0 amide bonds. The molecule has 0 fully saturated rings. The van der Waals surface area contributed by atoms with E-state index in [2.05, 4.69) is 25.3 Å². The van der Waals surface area contributed by atoms with Gasteiger partial charge < -0.3 is 10.3 Å². The second-order valence-electron chi connectivity index (χ2n) is 4.85. The minimum absolute atomic E-state index is 0.685. The predicted octanol–water partition coefficient (Wildman–Crippen LogP) is 3.69. The van der Waals surface area contributed by atoms with Gasteiger partial charge in [0.1, 0.15) is 16.5 Å². The molecule has 0 saturated heterocycles. The van der Waals surface area contributed by atoms with Gasteiger partial charge in [-0.2, -0.15) is 0 Å². The molecule has 0 saturated carbocycles. The maximum Gasteiger partial charge on any atom is 0.140 e. The third-order valence-electron chi connectivity index (χ3n) is 3.39. The quantitative estimate of drug-likeness (QED) is 0.603. The van der Waals surface area contributed by atoms with E-state index in [0.29, 0.717) is 6.54 Å². The van der Waals surface area contributed by atoms with E-state index in [1.807, 2.05) is 48.2 Å². The van der Waals surface area contributed by atoms with Crippen LogP contribution in [0.4, 0.5) is 5.82 Å². The fourth-order valence-corrected chi connectivity index (χ4v) is 3.03. The summed E-state index contributed by atoms with van der Waals surface area (Å²) in [5, 5.41) is 7.42. The van der Waals surface area contributed by atoms with Gasteiger partial charge >= 0.3 is 0 Å². The molecule has 0 aliphatic heterocycles. The van der Waals surface area contributed by atoms with Gasteiger partial charge in [-0.15, -0.1) is 11.3 Å². The molecule has 0 aliphatic carbocycles. The molecule has 4 rings (SSSR count). The third kappa shape index (κ3) is 2.44. The average Bonchev–Trinajstić information content (AvgIpc) is 3.24. The number of aromatic nitrogens is 4. The van der Waals surface area contributed by atoms with Crippen LogP contribution in [-0.4, -0.2) is 19.9 Å². The van der Waals surface area contributed by atoms with E-state index < -0.39 is 0 Å². The number of nitrogens with zero attached hydrogens (tertiary/aromatic N) is 3. The molecule has 6 heteroatoms. The number of nitrogens with one attached hydrogen (secondary N) is 2. The topological polar surface area (TPSA) is 66.5 Å². The minimum Gasteiger partial charge on any atom is -0.366 e. The van der Waals surface area contributed by atoms with Gasteiger partial charge in [-0.1, -0.05) is 6.07 Å². The van der Waals surface area contributed by atoms with Crippen molar-refractivity contribution in [1.82, 2.24) is 19.9 Å². The molecule has 0 radical (unpaired) electrons. The van der Waals surface area contributed by atoms with Gasteiger partial charge in [-0.3, -0.25) is 4.98 Å². The van der Waals surface area contributed by atoms with E-state index in [1.54, 1.807) is 17.5 Å². The summed E-state index contributed by atoms with van der Waals surface area (Å²) in [7, 11) is 0. The Morgan fingerprint density at radius 2 is 2.23 bits per heavy atom. The zero-order valence-corrected chi connectivity index (χ0v) is 12.5. The highest BCUT2D eigenvalue weighted by Gasteiger charge is 2.10. The summed E-state index contributed by atoms with van der Waals surface area (Å²) in [6.45, 7) is 0.685. The summed E-state index contributed by atoms with van der Waals surface area (Å²) < 4.78 is 0. The summed E-state index contributed by atoms with van der Waals surface area (Å²) in [4.78, 5) is 16.3. The first-order valence-corrected chi connectivity index (χ1v) is 7.79. The number of thiazole rings is 1. The summed E-state index contributed by atoms with van der Waals surface area (Å²) in [6, 6.07) is 8.05. The number of aromatic amines is 1. The Labute approximate surface area is 131 Å². The first-order valence-electron chi connectivity index (χ1n) is 6.91. The standard InChI is InChI=1S/C16H13N5S/c1-2-11(9-17-4-1)10-20-14-8-13(16-19-6-7-22-16)12-3-5-18-15(12)21-14/h1-9H,10H2,(H2,18,20,21). The van der Waals surface area contributed by atoms with Gasteiger partial charge in [0.2, 0.25) is 0 Å². The predicted molar refractivity (Wildman–Crippen MR) is 88.8 cm³/mol. The number of hydrogen-bond donors (Lipinski definition) is 2. The molecule has 4 aromatic heterocycles. The van der Waals surface area contributed by atoms with Crippen molar-refractivity contribution in [2.24, 2.45) is 0 Å². The molecule has 0 atom stereocenters. The van der Waals surface area contributed by atoms with Crippen LogP contribution in [0.5, 0.6) is 0 Å². The van der Waals surface area contributed by atoms with Crippen molar-refractivity contribution in [3.63, 3.8) is 0 Å². The van der Waals surface area contributed by atoms with Crippen LogP contribution in [0.1, 0.15) is 5.56 Å². The second-order valence-corrected chi connectivity index (χ2v) is 5.74. The Bertz CT molecular complexity index is 883. The molecule has 0 aromatic carbocycles. The lowest BCUT2D eigenvalue weighted by atomic mass is 10.2. The van der Waals surface area contributed by atoms with E-state index in [9.17, 15) is 0 Å². The van der Waals surface area contributed by atoms with Gasteiger partial charge in [-0.05, 0) is 23.8 Å². The molecule has 108 valence electrons. The Morgan fingerprint density at radius 3 is 3.05 bits per heavy atom. The average molecular weight is 307 g/mol. The highest BCUT2D eigenvalue weighted by molar-refractivity contribution is 7.13. The lowest BCUT2D eigenvalue weighted by Gasteiger charge is -2.08. The lowest BCUT2D eigenvalue weighted by molar-refractivity contribution is 1.09. The van der Waals surface area contributed by atoms with Crippen LogP contribution < -0.4 is 5.32 Å². The number of H-pyrrole nitrogens is 1. The molecule has 0 unspecified atom stereocenters. The lowest BCUT2D eigenvalue weighted by Crippen LogP contribution is -2.02.